The first kappa shape index (κ1) is 13.8. The summed E-state index contributed by atoms with van der Waals surface area (Å²) in [5, 5.41) is 6.31. The Morgan fingerprint density at radius 1 is 1.00 bits per heavy atom. The van der Waals surface area contributed by atoms with Crippen LogP contribution in [0.3, 0.4) is 0 Å². The van der Waals surface area contributed by atoms with Gasteiger partial charge in [0.15, 0.2) is 0 Å². The van der Waals surface area contributed by atoms with Crippen molar-refractivity contribution in [2.45, 2.75) is 0 Å². The van der Waals surface area contributed by atoms with Crippen LogP contribution in [0.5, 0.6) is 0 Å². The van der Waals surface area contributed by atoms with Gasteiger partial charge in [0.05, 0.1) is 4.70 Å². The number of hydrogen-bond acceptors (Lipinski definition) is 4. The average Bonchev–Trinajstić information content (AvgIpc) is 3.07. The first-order valence-electron chi connectivity index (χ1n) is 7.21. The number of fused-ring (bicyclic) bond motifs is 2. The Labute approximate surface area is 137 Å². The fourth-order valence-electron chi connectivity index (χ4n) is 2.61. The van der Waals surface area contributed by atoms with Crippen LogP contribution in [0, 0.1) is 0 Å². The molecule has 112 valence electrons. The van der Waals surface area contributed by atoms with Crippen molar-refractivity contribution in [3.05, 3.63) is 66.2 Å². The molecule has 1 aromatic heterocycles. The molecule has 5 heteroatoms. The highest BCUT2D eigenvalue weighted by Crippen LogP contribution is 2.24. The van der Waals surface area contributed by atoms with Crippen molar-refractivity contribution in [1.29, 1.82) is 0 Å². The number of anilines is 1. The maximum atomic E-state index is 12.7. The summed E-state index contributed by atoms with van der Waals surface area (Å²) in [6.45, 7) is 0. The van der Waals surface area contributed by atoms with E-state index >= 15 is 0 Å². The lowest BCUT2D eigenvalue weighted by atomic mass is 10.1. The van der Waals surface area contributed by atoms with Crippen LogP contribution in [0.4, 0.5) is 5.69 Å². The minimum atomic E-state index is -0.0600. The molecule has 0 spiro atoms. The van der Waals surface area contributed by atoms with Crippen LogP contribution in [0.1, 0.15) is 10.4 Å². The van der Waals surface area contributed by atoms with Gasteiger partial charge in [0.25, 0.3) is 5.91 Å². The first-order chi connectivity index (χ1) is 11.2. The lowest BCUT2D eigenvalue weighted by Crippen LogP contribution is -2.26. The number of nitrogens with zero attached hydrogens (tertiary/aromatic N) is 3. The van der Waals surface area contributed by atoms with Crippen molar-refractivity contribution >= 4 is 44.1 Å². The van der Waals surface area contributed by atoms with Crippen LogP contribution in [-0.2, 0) is 0 Å². The molecule has 0 atom stereocenters. The Balaban J connectivity index is 1.70. The molecule has 0 aliphatic rings. The zero-order valence-corrected chi connectivity index (χ0v) is 13.2. The van der Waals surface area contributed by atoms with Gasteiger partial charge in [-0.2, -0.15) is 0 Å². The highest BCUT2D eigenvalue weighted by atomic mass is 32.1. The zero-order chi connectivity index (χ0) is 15.8. The Morgan fingerprint density at radius 2 is 1.83 bits per heavy atom. The molecule has 0 N–H and O–H groups in total. The van der Waals surface area contributed by atoms with Crippen LogP contribution < -0.4 is 4.90 Å². The van der Waals surface area contributed by atoms with Crippen LogP contribution in [-0.4, -0.2) is 22.5 Å². The summed E-state index contributed by atoms with van der Waals surface area (Å²) in [6, 6.07) is 19.6. The summed E-state index contributed by atoms with van der Waals surface area (Å²) in [5.41, 5.74) is 2.24. The van der Waals surface area contributed by atoms with Crippen molar-refractivity contribution in [3.8, 4) is 0 Å². The second kappa shape index (κ2) is 5.44. The van der Waals surface area contributed by atoms with E-state index in [0.717, 1.165) is 26.7 Å². The smallest absolute Gasteiger partial charge is 0.258 e. The molecule has 0 unspecified atom stereocenters. The predicted octanol–water partition coefficient (Wildman–Crippen LogP) is 4.12. The van der Waals surface area contributed by atoms with Gasteiger partial charge >= 0.3 is 0 Å². The van der Waals surface area contributed by atoms with Crippen molar-refractivity contribution in [2.24, 2.45) is 0 Å². The van der Waals surface area contributed by atoms with E-state index in [2.05, 4.69) is 15.7 Å². The summed E-state index contributed by atoms with van der Waals surface area (Å²) in [6.07, 6.45) is 0. The molecule has 23 heavy (non-hydrogen) atoms. The predicted molar refractivity (Wildman–Crippen MR) is 94.1 cm³/mol. The second-order valence-electron chi connectivity index (χ2n) is 5.35. The fraction of sp³-hybridized carbons (Fsp3) is 0.0556. The maximum absolute atomic E-state index is 12.7. The minimum absolute atomic E-state index is 0.0600. The molecule has 4 nitrogen and oxygen atoms in total. The van der Waals surface area contributed by atoms with Gasteiger partial charge in [-0.3, -0.25) is 4.79 Å². The zero-order valence-electron chi connectivity index (χ0n) is 12.4. The van der Waals surface area contributed by atoms with Gasteiger partial charge in [0, 0.05) is 18.3 Å². The van der Waals surface area contributed by atoms with E-state index in [1.807, 2.05) is 48.5 Å². The average molecular weight is 319 g/mol. The second-order valence-corrected chi connectivity index (χ2v) is 6.14. The van der Waals surface area contributed by atoms with Gasteiger partial charge in [0.1, 0.15) is 5.52 Å². The summed E-state index contributed by atoms with van der Waals surface area (Å²) in [5.74, 6) is -0.0600. The Morgan fingerprint density at radius 3 is 2.70 bits per heavy atom. The number of rotatable bonds is 2. The van der Waals surface area contributed by atoms with E-state index < -0.39 is 0 Å². The van der Waals surface area contributed by atoms with E-state index in [0.29, 0.717) is 5.56 Å². The van der Waals surface area contributed by atoms with Gasteiger partial charge < -0.3 is 4.90 Å². The molecule has 0 bridgehead atoms. The number of carbonyl (C=O) groups is 1. The summed E-state index contributed by atoms with van der Waals surface area (Å²) >= 11 is 1.33. The van der Waals surface area contributed by atoms with Crippen LogP contribution in [0.25, 0.3) is 21.0 Å². The fourth-order valence-corrected chi connectivity index (χ4v) is 3.15. The molecule has 0 saturated carbocycles. The Kier molecular flexibility index (Phi) is 3.28. The van der Waals surface area contributed by atoms with E-state index in [4.69, 9.17) is 0 Å². The molecule has 0 aliphatic heterocycles. The third-order valence-electron chi connectivity index (χ3n) is 3.92. The summed E-state index contributed by atoms with van der Waals surface area (Å²) in [4.78, 5) is 14.4. The SMILES string of the molecule is CN(C(=O)c1ccc2snnc2c1)c1ccc2ccccc2c1. The Bertz CT molecular complexity index is 1020. The molecule has 3 aromatic carbocycles. The topological polar surface area (TPSA) is 46.1 Å². The van der Waals surface area contributed by atoms with Gasteiger partial charge in [-0.1, -0.05) is 34.8 Å². The van der Waals surface area contributed by atoms with Gasteiger partial charge in [0.2, 0.25) is 0 Å². The largest absolute Gasteiger partial charge is 0.311 e. The van der Waals surface area contributed by atoms with Gasteiger partial charge in [-0.15, -0.1) is 5.10 Å². The number of aromatic nitrogens is 2. The summed E-state index contributed by atoms with van der Waals surface area (Å²) in [7, 11) is 1.79. The quantitative estimate of drug-likeness (QED) is 0.558. The monoisotopic (exact) mass is 319 g/mol. The Hall–Kier alpha value is -2.79. The normalized spacial score (nSPS) is 11.0. The minimum Gasteiger partial charge on any atom is -0.311 e. The van der Waals surface area contributed by atoms with E-state index in [9.17, 15) is 4.79 Å². The highest BCUT2D eigenvalue weighted by Gasteiger charge is 2.15. The number of amides is 1. The molecule has 0 aliphatic carbocycles. The third kappa shape index (κ3) is 2.45. The summed E-state index contributed by atoms with van der Waals surface area (Å²) < 4.78 is 4.89. The maximum Gasteiger partial charge on any atom is 0.258 e. The van der Waals surface area contributed by atoms with Crippen LogP contribution in [0.15, 0.2) is 60.7 Å². The van der Waals surface area contributed by atoms with Crippen LogP contribution in [0.2, 0.25) is 0 Å². The van der Waals surface area contributed by atoms with Gasteiger partial charge in [-0.05, 0) is 52.6 Å². The van der Waals surface area contributed by atoms with E-state index in [1.165, 1.54) is 11.5 Å². The molecule has 0 radical (unpaired) electrons. The molecular weight excluding hydrogens is 306 g/mol. The van der Waals surface area contributed by atoms with Crippen molar-refractivity contribution in [1.82, 2.24) is 9.59 Å². The molecule has 4 rings (SSSR count). The van der Waals surface area contributed by atoms with Crippen molar-refractivity contribution in [2.75, 3.05) is 11.9 Å². The van der Waals surface area contributed by atoms with E-state index in [-0.39, 0.29) is 5.91 Å². The molecule has 1 amide bonds. The molecule has 1 heterocycles. The molecule has 4 aromatic rings. The van der Waals surface area contributed by atoms with Gasteiger partial charge in [-0.25, -0.2) is 0 Å². The lowest BCUT2D eigenvalue weighted by molar-refractivity contribution is 0.0993. The number of benzene rings is 3. The van der Waals surface area contributed by atoms with Crippen LogP contribution >= 0.6 is 11.5 Å². The van der Waals surface area contributed by atoms with E-state index in [1.54, 1.807) is 18.0 Å². The molecular formula is C18H13N3OS. The van der Waals surface area contributed by atoms with Crippen molar-refractivity contribution in [3.63, 3.8) is 0 Å². The number of carbonyl (C=O) groups excluding carboxylic acids is 1. The third-order valence-corrected chi connectivity index (χ3v) is 4.62. The van der Waals surface area contributed by atoms with Crippen molar-refractivity contribution < 1.29 is 4.79 Å². The highest BCUT2D eigenvalue weighted by molar-refractivity contribution is 7.12. The lowest BCUT2D eigenvalue weighted by Gasteiger charge is -2.18. The molecule has 0 saturated heterocycles. The molecule has 0 fully saturated rings. The first-order valence-corrected chi connectivity index (χ1v) is 7.99. The standard InChI is InChI=1S/C18H13N3OS/c1-21(15-8-6-12-4-2-3-5-13(12)10-15)18(22)14-7-9-17-16(11-14)19-20-23-17/h2-11H,1H3. The number of hydrogen-bond donors (Lipinski definition) is 0.